The van der Waals surface area contributed by atoms with Gasteiger partial charge in [-0.2, -0.15) is 0 Å². The molecule has 3 aromatic heterocycles. The summed E-state index contributed by atoms with van der Waals surface area (Å²) in [5.74, 6) is 0. The van der Waals surface area contributed by atoms with Crippen molar-refractivity contribution >= 4 is 92.4 Å². The Morgan fingerprint density at radius 2 is 0.966 bits per heavy atom. The Bertz CT molecular complexity index is 3500. The Morgan fingerprint density at radius 3 is 1.81 bits per heavy atom. The van der Waals surface area contributed by atoms with Crippen molar-refractivity contribution in [2.24, 2.45) is 0 Å². The SMILES string of the molecule is c1ccc(-c2cccc3c2oc2ccc(-c4ccc(N(c5ccc(-c6cccc7oc8ccccc8c67)cc5)c5cccc6c5sc5ccccc56)cc4)cc23)cc1. The van der Waals surface area contributed by atoms with E-state index in [-0.39, 0.29) is 0 Å². The van der Waals surface area contributed by atoms with Crippen molar-refractivity contribution in [2.75, 3.05) is 4.90 Å². The first kappa shape index (κ1) is 32.8. The molecule has 272 valence electrons. The van der Waals surface area contributed by atoms with Crippen LogP contribution in [0.5, 0.6) is 0 Å². The molecule has 0 saturated heterocycles. The Labute approximate surface area is 338 Å². The van der Waals surface area contributed by atoms with Gasteiger partial charge >= 0.3 is 0 Å². The van der Waals surface area contributed by atoms with Crippen molar-refractivity contribution in [1.82, 2.24) is 0 Å². The van der Waals surface area contributed by atoms with Crippen LogP contribution in [0, 0.1) is 0 Å². The molecule has 3 nitrogen and oxygen atoms in total. The zero-order valence-electron chi connectivity index (χ0n) is 31.2. The van der Waals surface area contributed by atoms with Crippen molar-refractivity contribution in [3.63, 3.8) is 0 Å². The summed E-state index contributed by atoms with van der Waals surface area (Å²) in [4.78, 5) is 2.40. The third-order valence-electron chi connectivity index (χ3n) is 11.5. The van der Waals surface area contributed by atoms with E-state index in [4.69, 9.17) is 8.83 Å². The van der Waals surface area contributed by atoms with E-state index >= 15 is 0 Å². The average molecular weight is 760 g/mol. The number of anilines is 3. The normalized spacial score (nSPS) is 11.8. The van der Waals surface area contributed by atoms with E-state index in [2.05, 4.69) is 187 Å². The molecule has 4 heteroatoms. The molecule has 0 spiro atoms. The lowest BCUT2D eigenvalue weighted by atomic mass is 9.98. The molecule has 0 saturated carbocycles. The highest BCUT2D eigenvalue weighted by Gasteiger charge is 2.20. The molecule has 0 radical (unpaired) electrons. The number of rotatable bonds is 6. The number of thiophene rings is 1. The van der Waals surface area contributed by atoms with Crippen LogP contribution in [0.25, 0.3) is 97.4 Å². The fourth-order valence-corrected chi connectivity index (χ4v) is 9.97. The van der Waals surface area contributed by atoms with Gasteiger partial charge in [-0.25, -0.2) is 0 Å². The van der Waals surface area contributed by atoms with Gasteiger partial charge in [-0.3, -0.25) is 0 Å². The number of hydrogen-bond donors (Lipinski definition) is 0. The maximum atomic E-state index is 6.50. The van der Waals surface area contributed by atoms with Crippen LogP contribution in [-0.4, -0.2) is 0 Å². The fraction of sp³-hybridized carbons (Fsp3) is 0. The molecule has 0 aliphatic rings. The highest BCUT2D eigenvalue weighted by atomic mass is 32.1. The Kier molecular flexibility index (Phi) is 7.40. The van der Waals surface area contributed by atoms with Crippen molar-refractivity contribution < 1.29 is 8.83 Å². The van der Waals surface area contributed by atoms with Crippen molar-refractivity contribution in [3.05, 3.63) is 200 Å². The topological polar surface area (TPSA) is 29.5 Å². The van der Waals surface area contributed by atoms with Crippen molar-refractivity contribution in [1.29, 1.82) is 0 Å². The Balaban J connectivity index is 0.970. The molecule has 9 aromatic carbocycles. The van der Waals surface area contributed by atoms with Gasteiger partial charge in [0.15, 0.2) is 0 Å². The number of hydrogen-bond acceptors (Lipinski definition) is 4. The first-order valence-electron chi connectivity index (χ1n) is 19.6. The highest BCUT2D eigenvalue weighted by Crippen LogP contribution is 2.46. The minimum Gasteiger partial charge on any atom is -0.456 e. The second-order valence-electron chi connectivity index (χ2n) is 14.8. The summed E-state index contributed by atoms with van der Waals surface area (Å²) in [7, 11) is 0. The van der Waals surface area contributed by atoms with E-state index in [9.17, 15) is 0 Å². The van der Waals surface area contributed by atoms with Crippen molar-refractivity contribution in [3.8, 4) is 33.4 Å². The molecule has 0 fully saturated rings. The van der Waals surface area contributed by atoms with E-state index in [0.29, 0.717) is 0 Å². The van der Waals surface area contributed by atoms with E-state index in [1.807, 2.05) is 29.5 Å². The first-order valence-corrected chi connectivity index (χ1v) is 20.4. The van der Waals surface area contributed by atoms with Crippen LogP contribution in [0.3, 0.4) is 0 Å². The molecule has 12 rings (SSSR count). The van der Waals surface area contributed by atoms with Gasteiger partial charge in [0.25, 0.3) is 0 Å². The molecule has 0 bridgehead atoms. The van der Waals surface area contributed by atoms with Gasteiger partial charge < -0.3 is 13.7 Å². The molecule has 0 atom stereocenters. The van der Waals surface area contributed by atoms with Crippen molar-refractivity contribution in [2.45, 2.75) is 0 Å². The second-order valence-corrected chi connectivity index (χ2v) is 15.9. The Hall–Kier alpha value is -7.40. The lowest BCUT2D eigenvalue weighted by molar-refractivity contribution is 0.669. The lowest BCUT2D eigenvalue weighted by Gasteiger charge is -2.26. The summed E-state index contributed by atoms with van der Waals surface area (Å²) in [6.07, 6.45) is 0. The predicted octanol–water partition coefficient (Wildman–Crippen LogP) is 16.3. The summed E-state index contributed by atoms with van der Waals surface area (Å²) in [5, 5.41) is 7.07. The number of fused-ring (bicyclic) bond motifs is 9. The highest BCUT2D eigenvalue weighted by molar-refractivity contribution is 7.26. The summed E-state index contributed by atoms with van der Waals surface area (Å²) in [6, 6.07) is 71.4. The van der Waals surface area contributed by atoms with Gasteiger partial charge in [0, 0.05) is 54.0 Å². The Morgan fingerprint density at radius 1 is 0.362 bits per heavy atom. The minimum atomic E-state index is 0.891. The van der Waals surface area contributed by atoms with E-state index in [1.54, 1.807) is 0 Å². The number of nitrogens with zero attached hydrogens (tertiary/aromatic N) is 1. The predicted molar refractivity (Wildman–Crippen MR) is 245 cm³/mol. The smallest absolute Gasteiger partial charge is 0.143 e. The van der Waals surface area contributed by atoms with Gasteiger partial charge in [-0.05, 0) is 88.5 Å². The summed E-state index contributed by atoms with van der Waals surface area (Å²) in [5.41, 5.74) is 13.8. The zero-order chi connectivity index (χ0) is 38.2. The summed E-state index contributed by atoms with van der Waals surface area (Å²) >= 11 is 1.85. The van der Waals surface area contributed by atoms with E-state index < -0.39 is 0 Å². The van der Waals surface area contributed by atoms with Crippen LogP contribution in [0.4, 0.5) is 17.1 Å². The van der Waals surface area contributed by atoms with E-state index in [0.717, 1.165) is 94.3 Å². The first-order chi connectivity index (χ1) is 28.7. The molecular formula is C54H33NO2S. The monoisotopic (exact) mass is 759 g/mol. The fourth-order valence-electron chi connectivity index (χ4n) is 8.77. The number of benzene rings is 9. The van der Waals surface area contributed by atoms with Gasteiger partial charge in [-0.1, -0.05) is 140 Å². The molecule has 0 aliphatic heterocycles. The number of para-hydroxylation sites is 2. The van der Waals surface area contributed by atoms with Gasteiger partial charge in [0.1, 0.15) is 22.3 Å². The third-order valence-corrected chi connectivity index (χ3v) is 12.7. The third kappa shape index (κ3) is 5.19. The van der Waals surface area contributed by atoms with Crippen LogP contribution in [0.2, 0.25) is 0 Å². The quantitative estimate of drug-likeness (QED) is 0.169. The summed E-state index contributed by atoms with van der Waals surface area (Å²) in [6.45, 7) is 0. The average Bonchev–Trinajstić information content (AvgIpc) is 3.99. The molecule has 0 amide bonds. The standard InChI is InChI=1S/C54H33NO2S/c1-2-11-35(12-3-1)41-16-8-17-43-46-33-37(27-32-49(46)57-53(41)43)34-23-28-38(29-24-34)55(47-19-9-18-44-42-13-5-7-22-51(42)58-54(44)47)39-30-25-36(26-31-39)40-15-10-21-50-52(40)45-14-4-6-20-48(45)56-50/h1-33H. The molecular weight excluding hydrogens is 727 g/mol. The van der Waals surface area contributed by atoms with E-state index in [1.165, 1.54) is 20.2 Å². The van der Waals surface area contributed by atoms with Crippen LogP contribution < -0.4 is 4.90 Å². The van der Waals surface area contributed by atoms with Crippen LogP contribution in [0.1, 0.15) is 0 Å². The molecule has 58 heavy (non-hydrogen) atoms. The molecule has 3 heterocycles. The molecule has 0 N–H and O–H groups in total. The minimum absolute atomic E-state index is 0.891. The molecule has 0 aliphatic carbocycles. The van der Waals surface area contributed by atoms with Gasteiger partial charge in [0.05, 0.1) is 10.4 Å². The van der Waals surface area contributed by atoms with Gasteiger partial charge in [0.2, 0.25) is 0 Å². The largest absolute Gasteiger partial charge is 0.456 e. The van der Waals surface area contributed by atoms with Crippen LogP contribution in [-0.2, 0) is 0 Å². The lowest BCUT2D eigenvalue weighted by Crippen LogP contribution is -2.10. The molecule has 12 aromatic rings. The maximum absolute atomic E-state index is 6.50. The maximum Gasteiger partial charge on any atom is 0.143 e. The summed E-state index contributed by atoms with van der Waals surface area (Å²) < 4.78 is 15.3. The zero-order valence-corrected chi connectivity index (χ0v) is 32.0. The van der Waals surface area contributed by atoms with Crippen LogP contribution >= 0.6 is 11.3 Å². The van der Waals surface area contributed by atoms with Gasteiger partial charge in [-0.15, -0.1) is 11.3 Å². The second kappa shape index (κ2) is 13.1. The van der Waals surface area contributed by atoms with Crippen LogP contribution in [0.15, 0.2) is 209 Å². The molecule has 0 unspecified atom stereocenters. The number of furan rings is 2.